The fourth-order valence-electron chi connectivity index (χ4n) is 2.60. The van der Waals surface area contributed by atoms with Crippen LogP contribution in [0.15, 0.2) is 35.2 Å². The van der Waals surface area contributed by atoms with Gasteiger partial charge in [-0.15, -0.1) is 11.8 Å². The Kier molecular flexibility index (Phi) is 7.20. The number of benzene rings is 1. The number of hydrogen-bond acceptors (Lipinski definition) is 4. The highest BCUT2D eigenvalue weighted by Crippen LogP contribution is 2.21. The maximum atomic E-state index is 12.0. The third-order valence-electron chi connectivity index (χ3n) is 4.11. The molecule has 0 bridgehead atoms. The standard InChI is InChI=1S/C17H28N4OS/c1-14(23-16-7-5-4-6-8-16)11-18-17(22)19-12-15-13-20(2)9-10-21(15)3/h4-8,14-15H,9-13H2,1-3H3,(H2,18,19,22)/t14-,15-/m0/s1. The molecule has 2 N–H and O–H groups in total. The predicted molar refractivity (Wildman–Crippen MR) is 97.1 cm³/mol. The Hall–Kier alpha value is -1.24. The summed E-state index contributed by atoms with van der Waals surface area (Å²) in [5.41, 5.74) is 0. The number of urea groups is 1. The zero-order valence-corrected chi connectivity index (χ0v) is 15.1. The molecule has 1 aromatic carbocycles. The van der Waals surface area contributed by atoms with E-state index in [1.807, 2.05) is 18.2 Å². The van der Waals surface area contributed by atoms with E-state index in [2.05, 4.69) is 53.6 Å². The molecular formula is C17H28N4OS. The third kappa shape index (κ3) is 6.41. The first-order valence-corrected chi connectivity index (χ1v) is 9.04. The lowest BCUT2D eigenvalue weighted by molar-refractivity contribution is 0.114. The van der Waals surface area contributed by atoms with Gasteiger partial charge in [0, 0.05) is 48.9 Å². The van der Waals surface area contributed by atoms with E-state index in [1.54, 1.807) is 11.8 Å². The predicted octanol–water partition coefficient (Wildman–Crippen LogP) is 1.71. The average Bonchev–Trinajstić information content (AvgIpc) is 2.54. The number of amides is 2. The molecule has 1 aromatic rings. The summed E-state index contributed by atoms with van der Waals surface area (Å²) in [6, 6.07) is 10.6. The molecule has 0 unspecified atom stereocenters. The van der Waals surface area contributed by atoms with Crippen LogP contribution in [0, 0.1) is 0 Å². The first-order valence-electron chi connectivity index (χ1n) is 8.17. The van der Waals surface area contributed by atoms with Gasteiger partial charge in [0.05, 0.1) is 0 Å². The fourth-order valence-corrected chi connectivity index (χ4v) is 3.55. The normalized spacial score (nSPS) is 20.9. The Morgan fingerprint density at radius 1 is 1.26 bits per heavy atom. The maximum absolute atomic E-state index is 12.0. The molecule has 1 aliphatic heterocycles. The molecular weight excluding hydrogens is 308 g/mol. The molecule has 5 nitrogen and oxygen atoms in total. The van der Waals surface area contributed by atoms with Crippen LogP contribution in [0.1, 0.15) is 6.92 Å². The van der Waals surface area contributed by atoms with E-state index in [0.29, 0.717) is 24.4 Å². The smallest absolute Gasteiger partial charge is 0.314 e. The highest BCUT2D eigenvalue weighted by molar-refractivity contribution is 8.00. The first-order chi connectivity index (χ1) is 11.0. The zero-order chi connectivity index (χ0) is 16.7. The number of likely N-dealkylation sites (N-methyl/N-ethyl adjacent to an activating group) is 2. The number of thioether (sulfide) groups is 1. The van der Waals surface area contributed by atoms with Crippen molar-refractivity contribution in [3.63, 3.8) is 0 Å². The van der Waals surface area contributed by atoms with Crippen molar-refractivity contribution in [2.24, 2.45) is 0 Å². The van der Waals surface area contributed by atoms with E-state index in [1.165, 1.54) is 4.90 Å². The van der Waals surface area contributed by atoms with Crippen LogP contribution in [0.2, 0.25) is 0 Å². The SMILES string of the molecule is C[C@@H](CNC(=O)NC[C@H]1CN(C)CCN1C)Sc1ccccc1. The third-order valence-corrected chi connectivity index (χ3v) is 5.22. The number of piperazine rings is 1. The molecule has 6 heteroatoms. The van der Waals surface area contributed by atoms with Crippen LogP contribution in [0.4, 0.5) is 4.79 Å². The topological polar surface area (TPSA) is 47.6 Å². The van der Waals surface area contributed by atoms with Gasteiger partial charge in [-0.25, -0.2) is 4.79 Å². The van der Waals surface area contributed by atoms with Gasteiger partial charge in [0.1, 0.15) is 0 Å². The quantitative estimate of drug-likeness (QED) is 0.777. The Morgan fingerprint density at radius 3 is 2.74 bits per heavy atom. The van der Waals surface area contributed by atoms with E-state index in [9.17, 15) is 4.79 Å². The molecule has 0 aliphatic carbocycles. The second-order valence-corrected chi connectivity index (χ2v) is 7.74. The molecule has 2 atom stereocenters. The monoisotopic (exact) mass is 336 g/mol. The summed E-state index contributed by atoms with van der Waals surface area (Å²) in [5, 5.41) is 6.30. The first kappa shape index (κ1) is 18.1. The van der Waals surface area contributed by atoms with Crippen LogP contribution in [-0.2, 0) is 0 Å². The minimum Gasteiger partial charge on any atom is -0.337 e. The van der Waals surface area contributed by atoms with E-state index in [4.69, 9.17) is 0 Å². The van der Waals surface area contributed by atoms with Crippen LogP contribution in [0.5, 0.6) is 0 Å². The molecule has 0 aromatic heterocycles. The van der Waals surface area contributed by atoms with Crippen molar-refractivity contribution in [3.05, 3.63) is 30.3 Å². The van der Waals surface area contributed by atoms with Gasteiger partial charge in [-0.05, 0) is 26.2 Å². The van der Waals surface area contributed by atoms with Gasteiger partial charge in [-0.2, -0.15) is 0 Å². The number of rotatable bonds is 6. The molecule has 1 aliphatic rings. The van der Waals surface area contributed by atoms with Gasteiger partial charge in [-0.1, -0.05) is 25.1 Å². The van der Waals surface area contributed by atoms with E-state index in [0.717, 1.165) is 19.6 Å². The molecule has 1 saturated heterocycles. The van der Waals surface area contributed by atoms with Crippen molar-refractivity contribution in [3.8, 4) is 0 Å². The van der Waals surface area contributed by atoms with Crippen LogP contribution >= 0.6 is 11.8 Å². The molecule has 0 saturated carbocycles. The summed E-state index contributed by atoms with van der Waals surface area (Å²) >= 11 is 1.77. The van der Waals surface area contributed by atoms with Crippen LogP contribution in [-0.4, -0.2) is 73.9 Å². The van der Waals surface area contributed by atoms with Gasteiger partial charge >= 0.3 is 6.03 Å². The van der Waals surface area contributed by atoms with Gasteiger partial charge in [0.15, 0.2) is 0 Å². The summed E-state index contributed by atoms with van der Waals surface area (Å²) < 4.78 is 0. The van der Waals surface area contributed by atoms with Gasteiger partial charge < -0.3 is 15.5 Å². The fraction of sp³-hybridized carbons (Fsp3) is 0.588. The van der Waals surface area contributed by atoms with Crippen molar-refractivity contribution >= 4 is 17.8 Å². The van der Waals surface area contributed by atoms with Crippen LogP contribution < -0.4 is 10.6 Å². The summed E-state index contributed by atoms with van der Waals surface area (Å²) in [4.78, 5) is 17.8. The second kappa shape index (κ2) is 9.15. The largest absolute Gasteiger partial charge is 0.337 e. The number of nitrogens with zero attached hydrogens (tertiary/aromatic N) is 2. The molecule has 0 spiro atoms. The maximum Gasteiger partial charge on any atom is 0.314 e. The molecule has 1 heterocycles. The van der Waals surface area contributed by atoms with Crippen LogP contribution in [0.25, 0.3) is 0 Å². The highest BCUT2D eigenvalue weighted by atomic mass is 32.2. The van der Waals surface area contributed by atoms with Gasteiger partial charge in [0.25, 0.3) is 0 Å². The lowest BCUT2D eigenvalue weighted by Gasteiger charge is -2.37. The lowest BCUT2D eigenvalue weighted by Crippen LogP contribution is -2.55. The molecule has 128 valence electrons. The number of nitrogens with one attached hydrogen (secondary N) is 2. The van der Waals surface area contributed by atoms with Crippen molar-refractivity contribution < 1.29 is 4.79 Å². The van der Waals surface area contributed by atoms with E-state index >= 15 is 0 Å². The average molecular weight is 337 g/mol. The summed E-state index contributed by atoms with van der Waals surface area (Å²) in [7, 11) is 4.25. The van der Waals surface area contributed by atoms with Crippen molar-refractivity contribution in [2.75, 3.05) is 46.8 Å². The minimum atomic E-state index is -0.0767. The molecule has 2 amide bonds. The van der Waals surface area contributed by atoms with Crippen molar-refractivity contribution in [1.29, 1.82) is 0 Å². The van der Waals surface area contributed by atoms with Crippen LogP contribution in [0.3, 0.4) is 0 Å². The van der Waals surface area contributed by atoms with E-state index in [-0.39, 0.29) is 6.03 Å². The summed E-state index contributed by atoms with van der Waals surface area (Å²) in [6.07, 6.45) is 0. The molecule has 0 radical (unpaired) electrons. The lowest BCUT2D eigenvalue weighted by atomic mass is 10.2. The molecule has 2 rings (SSSR count). The molecule has 23 heavy (non-hydrogen) atoms. The number of hydrogen-bond donors (Lipinski definition) is 2. The Bertz CT molecular complexity index is 485. The van der Waals surface area contributed by atoms with Crippen molar-refractivity contribution in [1.82, 2.24) is 20.4 Å². The zero-order valence-electron chi connectivity index (χ0n) is 14.3. The van der Waals surface area contributed by atoms with Crippen molar-refractivity contribution in [2.45, 2.75) is 23.1 Å². The van der Waals surface area contributed by atoms with Gasteiger partial charge in [-0.3, -0.25) is 4.90 Å². The van der Waals surface area contributed by atoms with E-state index < -0.39 is 0 Å². The summed E-state index contributed by atoms with van der Waals surface area (Å²) in [6.45, 7) is 6.61. The highest BCUT2D eigenvalue weighted by Gasteiger charge is 2.22. The second-order valence-electron chi connectivity index (χ2n) is 6.23. The Labute approximate surface area is 143 Å². The molecule has 1 fully saturated rings. The Morgan fingerprint density at radius 2 is 2.00 bits per heavy atom. The number of carbonyl (C=O) groups excluding carboxylic acids is 1. The number of carbonyl (C=O) groups is 1. The summed E-state index contributed by atoms with van der Waals surface area (Å²) in [5.74, 6) is 0. The van der Waals surface area contributed by atoms with Gasteiger partial charge in [0.2, 0.25) is 0 Å². The minimum absolute atomic E-state index is 0.0767. The Balaban J connectivity index is 1.64.